The Morgan fingerprint density at radius 3 is 2.40 bits per heavy atom. The molecule has 0 aliphatic carbocycles. The Kier molecular flexibility index (Phi) is 5.03. The van der Waals surface area contributed by atoms with E-state index in [9.17, 15) is 4.79 Å². The highest BCUT2D eigenvalue weighted by molar-refractivity contribution is 9.10. The van der Waals surface area contributed by atoms with Crippen molar-refractivity contribution in [3.05, 3.63) is 34.3 Å². The molecule has 20 heavy (non-hydrogen) atoms. The number of piperidine rings is 1. The fourth-order valence-electron chi connectivity index (χ4n) is 2.93. The van der Waals surface area contributed by atoms with Crippen molar-refractivity contribution in [3.8, 4) is 0 Å². The van der Waals surface area contributed by atoms with Crippen molar-refractivity contribution in [3.63, 3.8) is 0 Å². The molecule has 1 heterocycles. The number of likely N-dealkylation sites (tertiary alicyclic amines) is 1. The number of carbonyl (C=O) groups excluding carboxylic acids is 1. The summed E-state index contributed by atoms with van der Waals surface area (Å²) in [5, 5.41) is 0. The first-order chi connectivity index (χ1) is 9.38. The second kappa shape index (κ2) is 6.40. The van der Waals surface area contributed by atoms with Crippen molar-refractivity contribution in [2.45, 2.75) is 33.6 Å². The SMILES string of the molecule is CC(C)(C)C1CCN(CC(=O)c2ccccc2Br)CC1. The van der Waals surface area contributed by atoms with Gasteiger partial charge >= 0.3 is 0 Å². The molecule has 0 unspecified atom stereocenters. The summed E-state index contributed by atoms with van der Waals surface area (Å²) in [6.45, 7) is 9.58. The molecule has 0 aromatic heterocycles. The van der Waals surface area contributed by atoms with Crippen LogP contribution < -0.4 is 0 Å². The summed E-state index contributed by atoms with van der Waals surface area (Å²) in [5.74, 6) is 0.990. The number of halogens is 1. The molecule has 1 saturated heterocycles. The van der Waals surface area contributed by atoms with Gasteiger partial charge in [-0.1, -0.05) is 54.9 Å². The molecule has 1 aliphatic rings. The van der Waals surface area contributed by atoms with Crippen LogP contribution in [0, 0.1) is 11.3 Å². The Balaban J connectivity index is 1.90. The van der Waals surface area contributed by atoms with E-state index >= 15 is 0 Å². The van der Waals surface area contributed by atoms with Crippen molar-refractivity contribution < 1.29 is 4.79 Å². The average molecular weight is 338 g/mol. The van der Waals surface area contributed by atoms with Crippen LogP contribution in [0.5, 0.6) is 0 Å². The minimum Gasteiger partial charge on any atom is -0.296 e. The summed E-state index contributed by atoms with van der Waals surface area (Å²) < 4.78 is 0.898. The van der Waals surface area contributed by atoms with Gasteiger partial charge in [0.1, 0.15) is 0 Å². The molecular formula is C17H24BrNO. The third-order valence-electron chi connectivity index (χ3n) is 4.35. The van der Waals surface area contributed by atoms with E-state index < -0.39 is 0 Å². The minimum atomic E-state index is 0.215. The van der Waals surface area contributed by atoms with Crippen molar-refractivity contribution in [1.82, 2.24) is 4.90 Å². The van der Waals surface area contributed by atoms with E-state index in [-0.39, 0.29) is 5.78 Å². The van der Waals surface area contributed by atoms with Crippen LogP contribution in [-0.4, -0.2) is 30.3 Å². The number of hydrogen-bond donors (Lipinski definition) is 0. The Labute approximate surface area is 130 Å². The van der Waals surface area contributed by atoms with Crippen molar-refractivity contribution in [2.24, 2.45) is 11.3 Å². The molecule has 0 amide bonds. The lowest BCUT2D eigenvalue weighted by molar-refractivity contribution is 0.0821. The van der Waals surface area contributed by atoms with Gasteiger partial charge < -0.3 is 0 Å². The molecule has 1 aliphatic heterocycles. The fourth-order valence-corrected chi connectivity index (χ4v) is 3.44. The summed E-state index contributed by atoms with van der Waals surface area (Å²) in [7, 11) is 0. The number of carbonyl (C=O) groups is 1. The molecular weight excluding hydrogens is 314 g/mol. The zero-order valence-electron chi connectivity index (χ0n) is 12.7. The summed E-state index contributed by atoms with van der Waals surface area (Å²) >= 11 is 3.46. The Morgan fingerprint density at radius 1 is 1.25 bits per heavy atom. The fraction of sp³-hybridized carbons (Fsp3) is 0.588. The monoisotopic (exact) mass is 337 g/mol. The van der Waals surface area contributed by atoms with E-state index in [1.807, 2.05) is 24.3 Å². The summed E-state index contributed by atoms with van der Waals surface area (Å²) in [6, 6.07) is 7.69. The van der Waals surface area contributed by atoms with Gasteiger partial charge in [-0.05, 0) is 43.3 Å². The van der Waals surface area contributed by atoms with Gasteiger partial charge in [-0.3, -0.25) is 9.69 Å². The molecule has 0 atom stereocenters. The maximum absolute atomic E-state index is 12.3. The third-order valence-corrected chi connectivity index (χ3v) is 5.05. The molecule has 0 radical (unpaired) electrons. The average Bonchev–Trinajstić information content (AvgIpc) is 2.38. The minimum absolute atomic E-state index is 0.215. The lowest BCUT2D eigenvalue weighted by atomic mass is 9.75. The second-order valence-electron chi connectivity index (χ2n) is 6.82. The van der Waals surface area contributed by atoms with E-state index in [0.717, 1.165) is 29.0 Å². The predicted molar refractivity (Wildman–Crippen MR) is 87.1 cm³/mol. The first-order valence-electron chi connectivity index (χ1n) is 7.38. The van der Waals surface area contributed by atoms with E-state index in [1.54, 1.807) is 0 Å². The Hall–Kier alpha value is -0.670. The highest BCUT2D eigenvalue weighted by Crippen LogP contribution is 2.34. The second-order valence-corrected chi connectivity index (χ2v) is 7.67. The highest BCUT2D eigenvalue weighted by Gasteiger charge is 2.29. The number of ketones is 1. The number of rotatable bonds is 3. The molecule has 0 spiro atoms. The van der Waals surface area contributed by atoms with Gasteiger partial charge in [0, 0.05) is 10.0 Å². The van der Waals surface area contributed by atoms with Gasteiger partial charge in [0.05, 0.1) is 6.54 Å². The lowest BCUT2D eigenvalue weighted by Gasteiger charge is -2.38. The smallest absolute Gasteiger partial charge is 0.177 e. The van der Waals surface area contributed by atoms with Crippen LogP contribution >= 0.6 is 15.9 Å². The standard InChI is InChI=1S/C17H24BrNO/c1-17(2,3)13-8-10-19(11-9-13)12-16(20)14-6-4-5-7-15(14)18/h4-7,13H,8-12H2,1-3H3. The van der Waals surface area contributed by atoms with Crippen LogP contribution in [0.15, 0.2) is 28.7 Å². The van der Waals surface area contributed by atoms with Gasteiger partial charge in [0.25, 0.3) is 0 Å². The first kappa shape index (κ1) is 15.7. The number of benzene rings is 1. The largest absolute Gasteiger partial charge is 0.296 e. The Morgan fingerprint density at radius 2 is 1.85 bits per heavy atom. The van der Waals surface area contributed by atoms with Crippen LogP contribution in [-0.2, 0) is 0 Å². The maximum atomic E-state index is 12.3. The molecule has 0 bridgehead atoms. The van der Waals surface area contributed by atoms with Crippen LogP contribution in [0.3, 0.4) is 0 Å². The van der Waals surface area contributed by atoms with E-state index in [1.165, 1.54) is 12.8 Å². The topological polar surface area (TPSA) is 20.3 Å². The summed E-state index contributed by atoms with van der Waals surface area (Å²) in [5.41, 5.74) is 1.18. The quantitative estimate of drug-likeness (QED) is 0.762. The zero-order chi connectivity index (χ0) is 14.8. The number of nitrogens with zero attached hydrogens (tertiary/aromatic N) is 1. The van der Waals surface area contributed by atoms with E-state index in [4.69, 9.17) is 0 Å². The predicted octanol–water partition coefficient (Wildman–Crippen LogP) is 4.39. The molecule has 2 nitrogen and oxygen atoms in total. The molecule has 0 N–H and O–H groups in total. The summed E-state index contributed by atoms with van der Waals surface area (Å²) in [4.78, 5) is 14.6. The lowest BCUT2D eigenvalue weighted by Crippen LogP contribution is -2.40. The number of Topliss-reactive ketones (excluding diaryl/α,β-unsaturated/α-hetero) is 1. The van der Waals surface area contributed by atoms with E-state index in [2.05, 4.69) is 41.6 Å². The van der Waals surface area contributed by atoms with Crippen molar-refractivity contribution >= 4 is 21.7 Å². The van der Waals surface area contributed by atoms with Gasteiger partial charge in [-0.25, -0.2) is 0 Å². The maximum Gasteiger partial charge on any atom is 0.177 e. The first-order valence-corrected chi connectivity index (χ1v) is 8.17. The molecule has 0 saturated carbocycles. The third kappa shape index (κ3) is 3.92. The van der Waals surface area contributed by atoms with Crippen molar-refractivity contribution in [2.75, 3.05) is 19.6 Å². The summed E-state index contributed by atoms with van der Waals surface area (Å²) in [6.07, 6.45) is 2.40. The van der Waals surface area contributed by atoms with Crippen LogP contribution in [0.4, 0.5) is 0 Å². The molecule has 1 aromatic carbocycles. The Bertz CT molecular complexity index is 470. The van der Waals surface area contributed by atoms with Crippen LogP contribution in [0.1, 0.15) is 44.0 Å². The normalized spacial score (nSPS) is 18.2. The van der Waals surface area contributed by atoms with Gasteiger partial charge in [0.2, 0.25) is 0 Å². The molecule has 1 fully saturated rings. The molecule has 3 heteroatoms. The molecule has 1 aromatic rings. The van der Waals surface area contributed by atoms with Crippen LogP contribution in [0.2, 0.25) is 0 Å². The van der Waals surface area contributed by atoms with E-state index in [0.29, 0.717) is 12.0 Å². The van der Waals surface area contributed by atoms with Gasteiger partial charge in [-0.2, -0.15) is 0 Å². The van der Waals surface area contributed by atoms with Gasteiger partial charge in [-0.15, -0.1) is 0 Å². The van der Waals surface area contributed by atoms with Crippen LogP contribution in [0.25, 0.3) is 0 Å². The zero-order valence-corrected chi connectivity index (χ0v) is 14.2. The van der Waals surface area contributed by atoms with Gasteiger partial charge in [0.15, 0.2) is 5.78 Å². The molecule has 2 rings (SSSR count). The highest BCUT2D eigenvalue weighted by atomic mass is 79.9. The van der Waals surface area contributed by atoms with Crippen molar-refractivity contribution in [1.29, 1.82) is 0 Å². The number of hydrogen-bond acceptors (Lipinski definition) is 2. The molecule has 110 valence electrons.